The van der Waals surface area contributed by atoms with E-state index in [4.69, 9.17) is 9.84 Å². The molecule has 162 valence electrons. The zero-order chi connectivity index (χ0) is 22.9. The van der Waals surface area contributed by atoms with E-state index in [9.17, 15) is 10.1 Å². The molecule has 1 N–H and O–H groups in total. The third kappa shape index (κ3) is 5.32. The van der Waals surface area contributed by atoms with E-state index >= 15 is 0 Å². The Morgan fingerprint density at radius 1 is 1.28 bits per heavy atom. The van der Waals surface area contributed by atoms with Crippen LogP contribution in [-0.4, -0.2) is 28.8 Å². The van der Waals surface area contributed by atoms with Gasteiger partial charge in [-0.25, -0.2) is 4.68 Å². The number of carbonyl (C=O) groups excluding carboxylic acids is 1. The summed E-state index contributed by atoms with van der Waals surface area (Å²) in [6.45, 7) is 8.58. The van der Waals surface area contributed by atoms with E-state index in [-0.39, 0.29) is 12.1 Å². The molecule has 0 bridgehead atoms. The zero-order valence-electron chi connectivity index (χ0n) is 18.3. The quantitative estimate of drug-likeness (QED) is 0.301. The molecule has 2 aromatic carbocycles. The first kappa shape index (κ1) is 22.6. The van der Waals surface area contributed by atoms with Crippen molar-refractivity contribution in [3.8, 4) is 28.8 Å². The van der Waals surface area contributed by atoms with Gasteiger partial charge < -0.3 is 10.1 Å². The molecule has 6 heteroatoms. The van der Waals surface area contributed by atoms with Gasteiger partial charge in [0.1, 0.15) is 23.1 Å². The number of hydrogen-bond donors (Lipinski definition) is 1. The fraction of sp³-hybridized carbons (Fsp3) is 0.192. The van der Waals surface area contributed by atoms with Gasteiger partial charge in [-0.3, -0.25) is 4.79 Å². The molecule has 1 aromatic heterocycles. The smallest absolute Gasteiger partial charge is 0.262 e. The third-order valence-electron chi connectivity index (χ3n) is 4.76. The minimum atomic E-state index is -0.453. The Morgan fingerprint density at radius 2 is 2.06 bits per heavy atom. The lowest BCUT2D eigenvalue weighted by Gasteiger charge is -2.09. The number of carbonyl (C=O) groups is 1. The Bertz CT molecular complexity index is 1170. The molecule has 1 amide bonds. The standard InChI is InChI=1S/C26H26N4O2/c1-4-13-28-26(31)20(17-27)16-21-18-30(22-9-7-6-8-10-22)29-25(21)24-12-11-23(15-19(24)3)32-14-5-2/h4,6-12,15-16,18H,1,5,13-14H2,2-3H3,(H,28,31). The van der Waals surface area contributed by atoms with Gasteiger partial charge in [-0.05, 0) is 55.3 Å². The number of amides is 1. The van der Waals surface area contributed by atoms with Crippen LogP contribution in [0, 0.1) is 18.3 Å². The van der Waals surface area contributed by atoms with Crippen molar-refractivity contribution in [2.45, 2.75) is 20.3 Å². The molecule has 3 rings (SSSR count). The normalized spacial score (nSPS) is 11.0. The van der Waals surface area contributed by atoms with Gasteiger partial charge in [0, 0.05) is 23.9 Å². The Hall–Kier alpha value is -4.11. The van der Waals surface area contributed by atoms with Crippen molar-refractivity contribution in [2.24, 2.45) is 0 Å². The Labute approximate surface area is 188 Å². The molecule has 0 aliphatic carbocycles. The molecule has 6 nitrogen and oxygen atoms in total. The highest BCUT2D eigenvalue weighted by Crippen LogP contribution is 2.30. The van der Waals surface area contributed by atoms with Crippen molar-refractivity contribution in [3.05, 3.63) is 84.1 Å². The van der Waals surface area contributed by atoms with Crippen molar-refractivity contribution >= 4 is 12.0 Å². The van der Waals surface area contributed by atoms with Crippen LogP contribution in [-0.2, 0) is 4.79 Å². The summed E-state index contributed by atoms with van der Waals surface area (Å²) in [5.74, 6) is 0.347. The second kappa shape index (κ2) is 10.8. The van der Waals surface area contributed by atoms with Crippen LogP contribution >= 0.6 is 0 Å². The van der Waals surface area contributed by atoms with Crippen LogP contribution in [0.2, 0.25) is 0 Å². The van der Waals surface area contributed by atoms with Gasteiger partial charge in [-0.1, -0.05) is 31.2 Å². The number of nitrogens with zero attached hydrogens (tertiary/aromatic N) is 3. The van der Waals surface area contributed by atoms with Gasteiger partial charge in [0.2, 0.25) is 0 Å². The molecule has 0 radical (unpaired) electrons. The topological polar surface area (TPSA) is 79.9 Å². The average Bonchev–Trinajstić information content (AvgIpc) is 3.23. The summed E-state index contributed by atoms with van der Waals surface area (Å²) in [7, 11) is 0. The van der Waals surface area contributed by atoms with Gasteiger partial charge >= 0.3 is 0 Å². The third-order valence-corrected chi connectivity index (χ3v) is 4.76. The first-order valence-electron chi connectivity index (χ1n) is 10.5. The minimum absolute atomic E-state index is 0.00117. The molecule has 0 unspecified atom stereocenters. The number of aryl methyl sites for hydroxylation is 1. The van der Waals surface area contributed by atoms with Crippen molar-refractivity contribution < 1.29 is 9.53 Å². The maximum atomic E-state index is 12.4. The van der Waals surface area contributed by atoms with Crippen LogP contribution in [0.15, 0.2) is 73.0 Å². The van der Waals surface area contributed by atoms with Crippen molar-refractivity contribution in [1.29, 1.82) is 5.26 Å². The van der Waals surface area contributed by atoms with E-state index in [1.165, 1.54) is 0 Å². The molecular weight excluding hydrogens is 400 g/mol. The predicted molar refractivity (Wildman–Crippen MR) is 126 cm³/mol. The van der Waals surface area contributed by atoms with Crippen LogP contribution in [0.25, 0.3) is 23.0 Å². The second-order valence-corrected chi connectivity index (χ2v) is 7.21. The number of nitriles is 1. The van der Waals surface area contributed by atoms with Crippen LogP contribution in [0.5, 0.6) is 5.75 Å². The Balaban J connectivity index is 2.09. The van der Waals surface area contributed by atoms with E-state index in [2.05, 4.69) is 18.8 Å². The van der Waals surface area contributed by atoms with Gasteiger partial charge in [0.05, 0.1) is 12.3 Å². The number of hydrogen-bond acceptors (Lipinski definition) is 4. The number of para-hydroxylation sites is 1. The molecule has 0 aliphatic heterocycles. The lowest BCUT2D eigenvalue weighted by Crippen LogP contribution is -2.24. The molecule has 0 saturated heterocycles. The summed E-state index contributed by atoms with van der Waals surface area (Å²) in [5, 5.41) is 17.0. The van der Waals surface area contributed by atoms with Crippen LogP contribution in [0.3, 0.4) is 0 Å². The summed E-state index contributed by atoms with van der Waals surface area (Å²) >= 11 is 0. The van der Waals surface area contributed by atoms with Gasteiger partial charge in [0.15, 0.2) is 0 Å². The monoisotopic (exact) mass is 426 g/mol. The number of benzene rings is 2. The maximum Gasteiger partial charge on any atom is 0.262 e. The van der Waals surface area contributed by atoms with Gasteiger partial charge in [0.25, 0.3) is 5.91 Å². The highest BCUT2D eigenvalue weighted by Gasteiger charge is 2.16. The van der Waals surface area contributed by atoms with E-state index in [0.29, 0.717) is 17.9 Å². The first-order chi connectivity index (χ1) is 15.6. The Kier molecular flexibility index (Phi) is 7.60. The average molecular weight is 427 g/mol. The predicted octanol–water partition coefficient (Wildman–Crippen LogP) is 4.85. The zero-order valence-corrected chi connectivity index (χ0v) is 18.3. The Morgan fingerprint density at radius 3 is 2.72 bits per heavy atom. The summed E-state index contributed by atoms with van der Waals surface area (Å²) < 4.78 is 7.49. The number of ether oxygens (including phenoxy) is 1. The number of nitrogens with one attached hydrogen (secondary N) is 1. The molecule has 32 heavy (non-hydrogen) atoms. The largest absolute Gasteiger partial charge is 0.494 e. The van der Waals surface area contributed by atoms with E-state index < -0.39 is 5.91 Å². The fourth-order valence-electron chi connectivity index (χ4n) is 3.19. The summed E-state index contributed by atoms with van der Waals surface area (Å²) in [5.41, 5.74) is 4.12. The molecule has 0 aliphatic rings. The van der Waals surface area contributed by atoms with Gasteiger partial charge in [-0.15, -0.1) is 6.58 Å². The summed E-state index contributed by atoms with van der Waals surface area (Å²) in [4.78, 5) is 12.4. The summed E-state index contributed by atoms with van der Waals surface area (Å²) in [6.07, 6.45) is 5.89. The molecule has 1 heterocycles. The fourth-order valence-corrected chi connectivity index (χ4v) is 3.19. The molecule has 3 aromatic rings. The van der Waals surface area contributed by atoms with Crippen LogP contribution < -0.4 is 10.1 Å². The number of rotatable bonds is 9. The molecule has 0 atom stereocenters. The SMILES string of the molecule is C=CCNC(=O)C(C#N)=Cc1cn(-c2ccccc2)nc1-c1ccc(OCCC)cc1C. The van der Waals surface area contributed by atoms with Crippen molar-refractivity contribution in [3.63, 3.8) is 0 Å². The highest BCUT2D eigenvalue weighted by molar-refractivity contribution is 6.02. The first-order valence-corrected chi connectivity index (χ1v) is 10.5. The van der Waals surface area contributed by atoms with E-state index in [1.807, 2.05) is 67.7 Å². The van der Waals surface area contributed by atoms with Crippen molar-refractivity contribution in [2.75, 3.05) is 13.2 Å². The van der Waals surface area contributed by atoms with E-state index in [0.717, 1.165) is 29.0 Å². The maximum absolute atomic E-state index is 12.4. The van der Waals surface area contributed by atoms with E-state index in [1.54, 1.807) is 16.8 Å². The summed E-state index contributed by atoms with van der Waals surface area (Å²) in [6, 6.07) is 17.5. The lowest BCUT2D eigenvalue weighted by atomic mass is 10.0. The minimum Gasteiger partial charge on any atom is -0.494 e. The lowest BCUT2D eigenvalue weighted by molar-refractivity contribution is -0.116. The molecular formula is C26H26N4O2. The van der Waals surface area contributed by atoms with Crippen LogP contribution in [0.4, 0.5) is 0 Å². The highest BCUT2D eigenvalue weighted by atomic mass is 16.5. The van der Waals surface area contributed by atoms with Crippen molar-refractivity contribution in [1.82, 2.24) is 15.1 Å². The molecule has 0 spiro atoms. The van der Waals surface area contributed by atoms with Gasteiger partial charge in [-0.2, -0.15) is 10.4 Å². The number of aromatic nitrogens is 2. The van der Waals surface area contributed by atoms with Crippen LogP contribution in [0.1, 0.15) is 24.5 Å². The molecule has 0 saturated carbocycles. The second-order valence-electron chi connectivity index (χ2n) is 7.21. The molecule has 0 fully saturated rings.